The molecule has 0 N–H and O–H groups in total. The molecule has 0 fully saturated rings. The van der Waals surface area contributed by atoms with Crippen LogP contribution in [0.3, 0.4) is 0 Å². The quantitative estimate of drug-likeness (QED) is 0.279. The second kappa shape index (κ2) is 9.42. The van der Waals surface area contributed by atoms with E-state index in [0.717, 1.165) is 38.7 Å². The van der Waals surface area contributed by atoms with Crippen molar-refractivity contribution in [3.63, 3.8) is 0 Å². The van der Waals surface area contributed by atoms with Crippen LogP contribution in [0.4, 0.5) is 0 Å². The number of nitrogens with zero attached hydrogens (tertiary/aromatic N) is 5. The van der Waals surface area contributed by atoms with Crippen LogP contribution in [0.2, 0.25) is 10.0 Å². The van der Waals surface area contributed by atoms with Crippen molar-refractivity contribution >= 4 is 40.9 Å². The maximum Gasteiger partial charge on any atom is 0.275 e. The van der Waals surface area contributed by atoms with Crippen molar-refractivity contribution < 1.29 is 9.53 Å². The second-order valence-corrected chi connectivity index (χ2v) is 11.8. The first-order valence-electron chi connectivity index (χ1n) is 11.7. The Labute approximate surface area is 230 Å². The highest BCUT2D eigenvalue weighted by molar-refractivity contribution is 7.98. The topological polar surface area (TPSA) is 65.2 Å². The second-order valence-electron chi connectivity index (χ2n) is 9.97. The van der Waals surface area contributed by atoms with Crippen molar-refractivity contribution in [1.82, 2.24) is 24.5 Å². The average Bonchev–Trinajstić information content (AvgIpc) is 3.45. The monoisotopic (exact) mass is 555 g/mol. The number of carbonyl (C=O) groups excluding carboxylic acids is 1. The number of methoxy groups -OCH3 is 1. The Morgan fingerprint density at radius 1 is 1.08 bits per heavy atom. The molecule has 0 saturated heterocycles. The number of amides is 1. The van der Waals surface area contributed by atoms with E-state index < -0.39 is 0 Å². The minimum absolute atomic E-state index is 0.148. The molecule has 37 heavy (non-hydrogen) atoms. The van der Waals surface area contributed by atoms with E-state index in [1.54, 1.807) is 58.4 Å². The highest BCUT2D eigenvalue weighted by Gasteiger charge is 2.34. The number of aryl methyl sites for hydroxylation is 1. The fraction of sp³-hybridized carbons (Fsp3) is 0.296. The third-order valence-corrected chi connectivity index (χ3v) is 8.06. The highest BCUT2D eigenvalue weighted by atomic mass is 35.5. The van der Waals surface area contributed by atoms with Gasteiger partial charge in [-0.3, -0.25) is 9.48 Å². The van der Waals surface area contributed by atoms with Crippen LogP contribution in [-0.4, -0.2) is 50.1 Å². The first-order chi connectivity index (χ1) is 17.5. The Morgan fingerprint density at radius 2 is 1.78 bits per heavy atom. The molecule has 1 aliphatic rings. The zero-order valence-electron chi connectivity index (χ0n) is 21.5. The summed E-state index contributed by atoms with van der Waals surface area (Å²) < 4.78 is 9.28. The van der Waals surface area contributed by atoms with Gasteiger partial charge in [0.1, 0.15) is 5.75 Å². The lowest BCUT2D eigenvalue weighted by molar-refractivity contribution is 0.0645. The number of ether oxygens (including phenoxy) is 1. The van der Waals surface area contributed by atoms with Crippen LogP contribution in [0.1, 0.15) is 36.8 Å². The number of rotatable bonds is 4. The van der Waals surface area contributed by atoms with Crippen molar-refractivity contribution in [2.75, 3.05) is 14.2 Å². The standard InChI is InChI=1S/C27H27Cl2N5O2S/c1-27(2,3)33(5)26(35)23-25-24(34(31-23)18-11-16(28)10-17(29)12-18)19-13-20(21-7-8-32(4)30-21)22(36-6)9-15(19)14-37-25/h7-13H,14H2,1-6H3. The third kappa shape index (κ3) is 4.62. The zero-order chi connectivity index (χ0) is 26.6. The van der Waals surface area contributed by atoms with Crippen LogP contribution in [0.15, 0.2) is 47.5 Å². The average molecular weight is 557 g/mol. The summed E-state index contributed by atoms with van der Waals surface area (Å²) in [6.07, 6.45) is 1.90. The van der Waals surface area contributed by atoms with Crippen LogP contribution in [0, 0.1) is 0 Å². The molecule has 0 spiro atoms. The fourth-order valence-corrected chi connectivity index (χ4v) is 5.92. The molecule has 2 aromatic heterocycles. The summed E-state index contributed by atoms with van der Waals surface area (Å²) in [7, 11) is 5.34. The van der Waals surface area contributed by atoms with Gasteiger partial charge < -0.3 is 9.64 Å². The number of halogens is 2. The summed E-state index contributed by atoms with van der Waals surface area (Å²) in [4.78, 5) is 16.2. The van der Waals surface area contributed by atoms with E-state index >= 15 is 0 Å². The molecule has 10 heteroatoms. The lowest BCUT2D eigenvalue weighted by Crippen LogP contribution is -2.42. The highest BCUT2D eigenvalue weighted by Crippen LogP contribution is 2.48. The molecule has 192 valence electrons. The van der Waals surface area contributed by atoms with Gasteiger partial charge in [0.25, 0.3) is 5.91 Å². The van der Waals surface area contributed by atoms with Crippen LogP contribution in [-0.2, 0) is 12.8 Å². The van der Waals surface area contributed by atoms with Gasteiger partial charge in [0.05, 0.1) is 29.1 Å². The molecule has 0 unspecified atom stereocenters. The molecule has 1 aliphatic heterocycles. The predicted octanol–water partition coefficient (Wildman–Crippen LogP) is 6.73. The Morgan fingerprint density at radius 3 is 2.38 bits per heavy atom. The van der Waals surface area contributed by atoms with E-state index in [-0.39, 0.29) is 11.4 Å². The van der Waals surface area contributed by atoms with Gasteiger partial charge in [-0.1, -0.05) is 23.2 Å². The van der Waals surface area contributed by atoms with Crippen LogP contribution in [0.5, 0.6) is 5.75 Å². The number of carbonyl (C=O) groups is 1. The molecule has 5 rings (SSSR count). The normalized spacial score (nSPS) is 12.8. The molecular formula is C27H27Cl2N5O2S. The summed E-state index contributed by atoms with van der Waals surface area (Å²) in [5, 5.41) is 10.4. The van der Waals surface area contributed by atoms with E-state index in [1.165, 1.54) is 0 Å². The van der Waals surface area contributed by atoms with Crippen LogP contribution < -0.4 is 4.74 Å². The Hall–Kier alpha value is -2.94. The number of fused-ring (bicyclic) bond motifs is 3. The maximum absolute atomic E-state index is 13.7. The van der Waals surface area contributed by atoms with Gasteiger partial charge in [-0.05, 0) is 62.7 Å². The van der Waals surface area contributed by atoms with Crippen molar-refractivity contribution in [1.29, 1.82) is 0 Å². The van der Waals surface area contributed by atoms with Crippen molar-refractivity contribution in [2.45, 2.75) is 37.0 Å². The molecule has 0 bridgehead atoms. The number of thioether (sulfide) groups is 1. The van der Waals surface area contributed by atoms with Gasteiger partial charge >= 0.3 is 0 Å². The summed E-state index contributed by atoms with van der Waals surface area (Å²) in [5.41, 5.74) is 5.20. The minimum Gasteiger partial charge on any atom is -0.496 e. The van der Waals surface area contributed by atoms with E-state index in [9.17, 15) is 4.79 Å². The van der Waals surface area contributed by atoms with E-state index in [1.807, 2.05) is 46.1 Å². The molecule has 0 aliphatic carbocycles. The van der Waals surface area contributed by atoms with Crippen molar-refractivity contribution in [3.05, 3.63) is 63.9 Å². The Balaban J connectivity index is 1.79. The number of hydrogen-bond donors (Lipinski definition) is 0. The minimum atomic E-state index is -0.371. The SMILES string of the molecule is COc1cc2c(cc1-c1ccn(C)n1)-c1c(c(C(=O)N(C)C(C)(C)C)nn1-c1cc(Cl)cc(Cl)c1)SC2. The van der Waals surface area contributed by atoms with Crippen LogP contribution in [0.25, 0.3) is 28.2 Å². The number of aromatic nitrogens is 4. The van der Waals surface area contributed by atoms with Gasteiger partial charge in [-0.2, -0.15) is 10.2 Å². The molecular weight excluding hydrogens is 529 g/mol. The summed E-state index contributed by atoms with van der Waals surface area (Å²) in [6, 6.07) is 11.3. The Kier molecular flexibility index (Phi) is 6.54. The first-order valence-corrected chi connectivity index (χ1v) is 13.4. The molecule has 1 amide bonds. The van der Waals surface area contributed by atoms with Gasteiger partial charge in [0.15, 0.2) is 5.69 Å². The van der Waals surface area contributed by atoms with E-state index in [2.05, 4.69) is 11.2 Å². The van der Waals surface area contributed by atoms with Gasteiger partial charge in [0.2, 0.25) is 0 Å². The van der Waals surface area contributed by atoms with Gasteiger partial charge in [-0.15, -0.1) is 11.8 Å². The summed E-state index contributed by atoms with van der Waals surface area (Å²) >= 11 is 14.3. The molecule has 0 atom stereocenters. The maximum atomic E-state index is 13.7. The lowest BCUT2D eigenvalue weighted by Gasteiger charge is -2.31. The van der Waals surface area contributed by atoms with Gasteiger partial charge in [0, 0.05) is 52.8 Å². The van der Waals surface area contributed by atoms with Gasteiger partial charge in [-0.25, -0.2) is 4.68 Å². The largest absolute Gasteiger partial charge is 0.496 e. The summed E-state index contributed by atoms with van der Waals surface area (Å²) in [5.74, 6) is 1.26. The molecule has 2 aromatic carbocycles. The molecule has 0 saturated carbocycles. The zero-order valence-corrected chi connectivity index (χ0v) is 23.8. The molecule has 3 heterocycles. The summed E-state index contributed by atoms with van der Waals surface area (Å²) in [6.45, 7) is 6.00. The molecule has 4 aromatic rings. The number of hydrogen-bond acceptors (Lipinski definition) is 5. The Bertz CT molecular complexity index is 1520. The smallest absolute Gasteiger partial charge is 0.275 e. The third-order valence-electron chi connectivity index (χ3n) is 6.49. The fourth-order valence-electron chi connectivity index (χ4n) is 4.27. The predicted molar refractivity (Wildman–Crippen MR) is 149 cm³/mol. The number of benzene rings is 2. The molecule has 0 radical (unpaired) electrons. The van der Waals surface area contributed by atoms with E-state index in [0.29, 0.717) is 27.2 Å². The lowest BCUT2D eigenvalue weighted by atomic mass is 9.98. The van der Waals surface area contributed by atoms with Crippen molar-refractivity contribution in [2.24, 2.45) is 7.05 Å². The molecule has 7 nitrogen and oxygen atoms in total. The van der Waals surface area contributed by atoms with Crippen molar-refractivity contribution in [3.8, 4) is 34.0 Å². The van der Waals surface area contributed by atoms with Crippen LogP contribution >= 0.6 is 35.0 Å². The first kappa shape index (κ1) is 25.7. The van der Waals surface area contributed by atoms with E-state index in [4.69, 9.17) is 33.0 Å².